The Kier molecular flexibility index (Phi) is 5.52. The van der Waals surface area contributed by atoms with Gasteiger partial charge in [-0.1, -0.05) is 32.4 Å². The zero-order valence-corrected chi connectivity index (χ0v) is 17.2. The van der Waals surface area contributed by atoms with Crippen LogP contribution in [-0.4, -0.2) is 46.7 Å². The standard InChI is InChI=1S/C22H36O5/c1-14(25)27-19(12-23)20(2)8-7-17-15(9-20)5-6-18-21(3,13-24)10-16(26)11-22(17,18)4/h9,16-19,23-24,26H,5-8,10-13H2,1-4H3/t16-,17-,18-,19-,20-,21-,22-/m0/s1. The van der Waals surface area contributed by atoms with Crippen LogP contribution in [-0.2, 0) is 9.53 Å². The molecule has 3 aliphatic rings. The summed E-state index contributed by atoms with van der Waals surface area (Å²) < 4.78 is 5.41. The first-order chi connectivity index (χ1) is 12.6. The molecule has 0 aromatic carbocycles. The fourth-order valence-electron chi connectivity index (χ4n) is 6.82. The first-order valence-electron chi connectivity index (χ1n) is 10.4. The lowest BCUT2D eigenvalue weighted by Crippen LogP contribution is -2.56. The monoisotopic (exact) mass is 380 g/mol. The minimum atomic E-state index is -0.520. The molecule has 0 amide bonds. The number of aliphatic hydroxyl groups is 3. The molecule has 0 spiro atoms. The lowest BCUT2D eigenvalue weighted by atomic mass is 9.44. The molecule has 27 heavy (non-hydrogen) atoms. The molecule has 0 aromatic heterocycles. The molecule has 0 saturated heterocycles. The second-order valence-corrected chi connectivity index (χ2v) is 10.1. The molecule has 0 unspecified atom stereocenters. The quantitative estimate of drug-likeness (QED) is 0.516. The van der Waals surface area contributed by atoms with E-state index in [1.54, 1.807) is 0 Å². The van der Waals surface area contributed by atoms with Gasteiger partial charge in [-0.15, -0.1) is 0 Å². The lowest BCUT2D eigenvalue weighted by molar-refractivity contribution is -0.157. The van der Waals surface area contributed by atoms with Gasteiger partial charge in [0.1, 0.15) is 6.10 Å². The molecule has 0 aromatic rings. The Labute approximate surface area is 162 Å². The topological polar surface area (TPSA) is 87.0 Å². The average molecular weight is 381 g/mol. The van der Waals surface area contributed by atoms with Crippen molar-refractivity contribution < 1.29 is 24.9 Å². The second kappa shape index (κ2) is 7.16. The Bertz CT molecular complexity index is 616. The van der Waals surface area contributed by atoms with Crippen molar-refractivity contribution in [3.63, 3.8) is 0 Å². The van der Waals surface area contributed by atoms with Crippen LogP contribution in [0.1, 0.15) is 66.2 Å². The largest absolute Gasteiger partial charge is 0.459 e. The summed E-state index contributed by atoms with van der Waals surface area (Å²) in [7, 11) is 0. The molecular weight excluding hydrogens is 344 g/mol. The first kappa shape index (κ1) is 20.8. The minimum Gasteiger partial charge on any atom is -0.459 e. The minimum absolute atomic E-state index is 0.0310. The van der Waals surface area contributed by atoms with E-state index >= 15 is 0 Å². The Morgan fingerprint density at radius 2 is 1.96 bits per heavy atom. The van der Waals surface area contributed by atoms with Gasteiger partial charge in [0.05, 0.1) is 12.7 Å². The van der Waals surface area contributed by atoms with Crippen molar-refractivity contribution in [3.8, 4) is 0 Å². The maximum atomic E-state index is 11.5. The summed E-state index contributed by atoms with van der Waals surface area (Å²) in [5.41, 5.74) is 0.756. The molecule has 5 heteroatoms. The zero-order valence-electron chi connectivity index (χ0n) is 17.2. The average Bonchev–Trinajstić information content (AvgIpc) is 2.58. The van der Waals surface area contributed by atoms with Gasteiger partial charge in [-0.2, -0.15) is 0 Å². The Hall–Kier alpha value is -0.910. The summed E-state index contributed by atoms with van der Waals surface area (Å²) >= 11 is 0. The van der Waals surface area contributed by atoms with Gasteiger partial charge in [0.2, 0.25) is 0 Å². The van der Waals surface area contributed by atoms with E-state index in [1.165, 1.54) is 12.5 Å². The fraction of sp³-hybridized carbons (Fsp3) is 0.864. The highest BCUT2D eigenvalue weighted by atomic mass is 16.6. The molecule has 7 atom stereocenters. The number of carbonyl (C=O) groups excluding carboxylic acids is 1. The molecule has 2 fully saturated rings. The van der Waals surface area contributed by atoms with Crippen molar-refractivity contribution >= 4 is 5.97 Å². The molecule has 5 nitrogen and oxygen atoms in total. The maximum Gasteiger partial charge on any atom is 0.303 e. The van der Waals surface area contributed by atoms with E-state index in [0.717, 1.165) is 32.1 Å². The third-order valence-corrected chi connectivity index (χ3v) is 8.04. The van der Waals surface area contributed by atoms with Crippen molar-refractivity contribution in [2.24, 2.45) is 28.1 Å². The molecule has 3 rings (SSSR count). The summed E-state index contributed by atoms with van der Waals surface area (Å²) in [6.07, 6.45) is 6.60. The third kappa shape index (κ3) is 3.47. The summed E-state index contributed by atoms with van der Waals surface area (Å²) in [6.45, 7) is 7.82. The van der Waals surface area contributed by atoms with Crippen molar-refractivity contribution in [2.45, 2.75) is 78.4 Å². The summed E-state index contributed by atoms with van der Waals surface area (Å²) in [4.78, 5) is 11.5. The number of hydrogen-bond acceptors (Lipinski definition) is 5. The van der Waals surface area contributed by atoms with Gasteiger partial charge < -0.3 is 20.1 Å². The summed E-state index contributed by atoms with van der Waals surface area (Å²) in [5.74, 6) is 0.411. The molecule has 0 bridgehead atoms. The normalized spacial score (nSPS) is 45.3. The van der Waals surface area contributed by atoms with Gasteiger partial charge in [-0.25, -0.2) is 0 Å². The second-order valence-electron chi connectivity index (χ2n) is 10.1. The number of rotatable bonds is 4. The van der Waals surface area contributed by atoms with Gasteiger partial charge in [-0.3, -0.25) is 4.79 Å². The Morgan fingerprint density at radius 1 is 1.26 bits per heavy atom. The van der Waals surface area contributed by atoms with Crippen LogP contribution in [0.3, 0.4) is 0 Å². The zero-order chi connectivity index (χ0) is 20.0. The van der Waals surface area contributed by atoms with E-state index in [0.29, 0.717) is 18.3 Å². The number of ether oxygens (including phenoxy) is 1. The molecular formula is C22H36O5. The molecule has 2 saturated carbocycles. The van der Waals surface area contributed by atoms with E-state index in [9.17, 15) is 20.1 Å². The smallest absolute Gasteiger partial charge is 0.303 e. The predicted octanol–water partition coefficient (Wildman–Crippen LogP) is 2.82. The molecule has 3 N–H and O–H groups in total. The van der Waals surface area contributed by atoms with Crippen LogP contribution in [0.25, 0.3) is 0 Å². The van der Waals surface area contributed by atoms with E-state index < -0.39 is 6.10 Å². The van der Waals surface area contributed by atoms with Crippen molar-refractivity contribution in [3.05, 3.63) is 11.6 Å². The van der Waals surface area contributed by atoms with E-state index in [4.69, 9.17) is 4.74 Å². The van der Waals surface area contributed by atoms with Crippen LogP contribution >= 0.6 is 0 Å². The highest BCUT2D eigenvalue weighted by Gasteiger charge is 2.58. The van der Waals surface area contributed by atoms with Gasteiger partial charge in [0, 0.05) is 18.9 Å². The van der Waals surface area contributed by atoms with Gasteiger partial charge in [0.25, 0.3) is 0 Å². The van der Waals surface area contributed by atoms with E-state index in [1.807, 2.05) is 0 Å². The van der Waals surface area contributed by atoms with Crippen LogP contribution in [0.4, 0.5) is 0 Å². The third-order valence-electron chi connectivity index (χ3n) is 8.04. The molecule has 154 valence electrons. The predicted molar refractivity (Wildman–Crippen MR) is 103 cm³/mol. The lowest BCUT2D eigenvalue weighted by Gasteiger charge is -2.61. The number of carbonyl (C=O) groups is 1. The summed E-state index contributed by atoms with van der Waals surface area (Å²) in [6, 6.07) is 0. The molecule has 0 radical (unpaired) electrons. The van der Waals surface area contributed by atoms with Gasteiger partial charge in [0.15, 0.2) is 0 Å². The molecule has 0 aliphatic heterocycles. The van der Waals surface area contributed by atoms with Crippen LogP contribution < -0.4 is 0 Å². The van der Waals surface area contributed by atoms with Crippen LogP contribution in [0, 0.1) is 28.1 Å². The van der Waals surface area contributed by atoms with Crippen molar-refractivity contribution in [2.75, 3.05) is 13.2 Å². The Balaban J connectivity index is 1.92. The van der Waals surface area contributed by atoms with Gasteiger partial charge >= 0.3 is 5.97 Å². The van der Waals surface area contributed by atoms with Crippen LogP contribution in [0.5, 0.6) is 0 Å². The van der Waals surface area contributed by atoms with Gasteiger partial charge in [-0.05, 0) is 61.2 Å². The highest BCUT2D eigenvalue weighted by Crippen LogP contribution is 2.64. The highest BCUT2D eigenvalue weighted by molar-refractivity contribution is 5.66. The van der Waals surface area contributed by atoms with Crippen molar-refractivity contribution in [1.82, 2.24) is 0 Å². The number of hydrogen-bond donors (Lipinski definition) is 3. The number of aliphatic hydroxyl groups excluding tert-OH is 3. The number of fused-ring (bicyclic) bond motifs is 3. The Morgan fingerprint density at radius 3 is 2.56 bits per heavy atom. The number of allylic oxidation sites excluding steroid dienone is 1. The number of esters is 1. The van der Waals surface area contributed by atoms with E-state index in [-0.39, 0.29) is 41.5 Å². The first-order valence-corrected chi connectivity index (χ1v) is 10.4. The molecule has 0 heterocycles. The van der Waals surface area contributed by atoms with Crippen LogP contribution in [0.15, 0.2) is 11.6 Å². The SMILES string of the molecule is CC(=O)O[C@@H](CO)[C@]1(C)C=C2CC[C@H]3[C@](C)(CO)C[C@H](O)C[C@@]3(C)[C@H]2CC1. The maximum absolute atomic E-state index is 11.5. The van der Waals surface area contributed by atoms with E-state index in [2.05, 4.69) is 26.8 Å². The summed E-state index contributed by atoms with van der Waals surface area (Å²) in [5, 5.41) is 30.5. The fourth-order valence-corrected chi connectivity index (χ4v) is 6.82. The van der Waals surface area contributed by atoms with Crippen molar-refractivity contribution in [1.29, 1.82) is 0 Å². The van der Waals surface area contributed by atoms with Crippen LogP contribution in [0.2, 0.25) is 0 Å². The molecule has 3 aliphatic carbocycles.